The molecule has 3 rings (SSSR count). The maximum absolute atomic E-state index is 12.5. The number of hydrogen-bond donors (Lipinski definition) is 1. The van der Waals surface area contributed by atoms with Gasteiger partial charge in [-0.3, -0.25) is 4.79 Å². The van der Waals surface area contributed by atoms with Crippen LogP contribution in [0.15, 0.2) is 27.4 Å². The van der Waals surface area contributed by atoms with Gasteiger partial charge < -0.3 is 19.7 Å². The Morgan fingerprint density at radius 1 is 1.33 bits per heavy atom. The Balaban J connectivity index is 1.62. The second-order valence-corrected chi connectivity index (χ2v) is 10.7. The molecule has 1 aliphatic heterocycles. The van der Waals surface area contributed by atoms with Gasteiger partial charge in [-0.05, 0) is 18.2 Å². The first kappa shape index (κ1) is 22.7. The number of amides is 1. The van der Waals surface area contributed by atoms with E-state index in [1.165, 1.54) is 56.4 Å². The van der Waals surface area contributed by atoms with E-state index in [2.05, 4.69) is 20.4 Å². The second-order valence-electron chi connectivity index (χ2n) is 6.44. The van der Waals surface area contributed by atoms with Crippen molar-refractivity contribution in [1.82, 2.24) is 14.5 Å². The van der Waals surface area contributed by atoms with Gasteiger partial charge in [0.1, 0.15) is 10.6 Å². The molecule has 1 saturated heterocycles. The minimum absolute atomic E-state index is 0.0141. The van der Waals surface area contributed by atoms with Gasteiger partial charge in [0.2, 0.25) is 21.1 Å². The Labute approximate surface area is 183 Å². The van der Waals surface area contributed by atoms with E-state index in [0.29, 0.717) is 23.2 Å². The summed E-state index contributed by atoms with van der Waals surface area (Å²) in [5.41, 5.74) is 0.369. The number of nitrogens with zero attached hydrogens (tertiary/aromatic N) is 4. The lowest BCUT2D eigenvalue weighted by atomic mass is 10.3. The molecule has 1 fully saturated rings. The first-order valence-electron chi connectivity index (χ1n) is 9.00. The quantitative estimate of drug-likeness (QED) is 0.568. The van der Waals surface area contributed by atoms with E-state index in [1.807, 2.05) is 0 Å². The fourth-order valence-electron chi connectivity index (χ4n) is 2.62. The molecule has 1 aromatic carbocycles. The molecule has 1 amide bonds. The zero-order valence-corrected chi connectivity index (χ0v) is 19.3. The molecule has 1 N–H and O–H groups in total. The van der Waals surface area contributed by atoms with E-state index in [-0.39, 0.29) is 22.3 Å². The van der Waals surface area contributed by atoms with Gasteiger partial charge in [-0.25, -0.2) is 12.7 Å². The summed E-state index contributed by atoms with van der Waals surface area (Å²) in [5, 5.41) is 11.8. The number of carbonyl (C=O) groups is 1. The Morgan fingerprint density at radius 2 is 2.07 bits per heavy atom. The van der Waals surface area contributed by atoms with Crippen LogP contribution in [-0.2, 0) is 19.6 Å². The maximum Gasteiger partial charge on any atom is 0.246 e. The van der Waals surface area contributed by atoms with Crippen molar-refractivity contribution >= 4 is 49.8 Å². The van der Waals surface area contributed by atoms with Crippen LogP contribution in [0.1, 0.15) is 0 Å². The summed E-state index contributed by atoms with van der Waals surface area (Å²) in [4.78, 5) is 14.4. The predicted octanol–water partition coefficient (Wildman–Crippen LogP) is 1.36. The molecule has 0 bridgehead atoms. The Hall–Kier alpha value is -1.93. The van der Waals surface area contributed by atoms with Crippen LogP contribution < -0.4 is 15.0 Å². The molecule has 1 aliphatic rings. The van der Waals surface area contributed by atoms with Crippen molar-refractivity contribution in [2.24, 2.45) is 0 Å². The molecule has 0 radical (unpaired) electrons. The zero-order valence-electron chi connectivity index (χ0n) is 16.8. The minimum Gasteiger partial charge on any atom is -0.495 e. The number of anilines is 2. The summed E-state index contributed by atoms with van der Waals surface area (Å²) >= 11 is 2.71. The minimum atomic E-state index is -3.72. The van der Waals surface area contributed by atoms with Crippen LogP contribution in [0.5, 0.6) is 5.75 Å². The predicted molar refractivity (Wildman–Crippen MR) is 116 cm³/mol. The van der Waals surface area contributed by atoms with Gasteiger partial charge in [-0.2, -0.15) is 0 Å². The van der Waals surface area contributed by atoms with Crippen LogP contribution in [-0.4, -0.2) is 82.1 Å². The highest BCUT2D eigenvalue weighted by Crippen LogP contribution is 2.30. The van der Waals surface area contributed by atoms with Gasteiger partial charge in [-0.1, -0.05) is 23.1 Å². The molecule has 2 aromatic rings. The van der Waals surface area contributed by atoms with E-state index < -0.39 is 10.0 Å². The number of morpholine rings is 1. The average molecular weight is 474 g/mol. The number of thioether (sulfide) groups is 1. The van der Waals surface area contributed by atoms with Crippen molar-refractivity contribution in [2.45, 2.75) is 9.24 Å². The Bertz CT molecular complexity index is 989. The van der Waals surface area contributed by atoms with Crippen molar-refractivity contribution in [1.29, 1.82) is 0 Å². The molecular formula is C17H23N5O5S3. The van der Waals surface area contributed by atoms with Crippen LogP contribution in [0.3, 0.4) is 0 Å². The second kappa shape index (κ2) is 9.92. The number of sulfonamides is 1. The van der Waals surface area contributed by atoms with Gasteiger partial charge in [0, 0.05) is 32.9 Å². The molecule has 0 spiro atoms. The van der Waals surface area contributed by atoms with Crippen molar-refractivity contribution < 1.29 is 22.7 Å². The van der Waals surface area contributed by atoms with Crippen LogP contribution in [0.2, 0.25) is 0 Å². The zero-order chi connectivity index (χ0) is 21.7. The van der Waals surface area contributed by atoms with E-state index in [1.54, 1.807) is 6.07 Å². The fourth-order valence-corrected chi connectivity index (χ4v) is 5.39. The molecule has 0 aliphatic carbocycles. The van der Waals surface area contributed by atoms with Gasteiger partial charge in [0.25, 0.3) is 0 Å². The number of rotatable bonds is 8. The lowest BCUT2D eigenvalue weighted by Gasteiger charge is -2.25. The highest BCUT2D eigenvalue weighted by atomic mass is 32.2. The largest absolute Gasteiger partial charge is 0.495 e. The number of carbonyl (C=O) groups excluding carboxylic acids is 1. The van der Waals surface area contributed by atoms with Crippen molar-refractivity contribution in [3.05, 3.63) is 18.2 Å². The Morgan fingerprint density at radius 3 is 2.73 bits per heavy atom. The third kappa shape index (κ3) is 5.40. The summed E-state index contributed by atoms with van der Waals surface area (Å²) in [6, 6.07) is 4.49. The van der Waals surface area contributed by atoms with Crippen molar-refractivity contribution in [2.75, 3.05) is 63.5 Å². The van der Waals surface area contributed by atoms with Gasteiger partial charge in [-0.15, -0.1) is 10.2 Å². The van der Waals surface area contributed by atoms with E-state index in [4.69, 9.17) is 9.47 Å². The maximum atomic E-state index is 12.5. The van der Waals surface area contributed by atoms with Gasteiger partial charge >= 0.3 is 0 Å². The summed E-state index contributed by atoms with van der Waals surface area (Å²) in [6.45, 7) is 2.88. The van der Waals surface area contributed by atoms with E-state index in [0.717, 1.165) is 22.5 Å². The number of hydrogen-bond acceptors (Lipinski definition) is 10. The van der Waals surface area contributed by atoms with E-state index in [9.17, 15) is 13.2 Å². The highest BCUT2D eigenvalue weighted by molar-refractivity contribution is 8.01. The molecule has 0 atom stereocenters. The number of nitrogens with one attached hydrogen (secondary N) is 1. The smallest absolute Gasteiger partial charge is 0.246 e. The first-order chi connectivity index (χ1) is 14.3. The van der Waals surface area contributed by atoms with Crippen molar-refractivity contribution in [3.63, 3.8) is 0 Å². The van der Waals surface area contributed by atoms with Gasteiger partial charge in [0.05, 0.1) is 26.1 Å². The topological polar surface area (TPSA) is 114 Å². The lowest BCUT2D eigenvalue weighted by molar-refractivity contribution is -0.113. The van der Waals surface area contributed by atoms with Crippen LogP contribution in [0, 0.1) is 0 Å². The first-order valence-corrected chi connectivity index (χ1v) is 12.2. The molecule has 1 aromatic heterocycles. The average Bonchev–Trinajstić information content (AvgIpc) is 3.22. The monoisotopic (exact) mass is 473 g/mol. The molecular weight excluding hydrogens is 450 g/mol. The SMILES string of the molecule is COc1ccc(NC(=O)CSc2nnc(N3CCOCC3)s2)cc1S(=O)(=O)N(C)C. The van der Waals surface area contributed by atoms with Crippen molar-refractivity contribution in [3.8, 4) is 5.75 Å². The standard InChI is InChI=1S/C17H23N5O5S3/c1-21(2)30(24,25)14-10-12(4-5-13(14)26-3)18-15(23)11-28-17-20-19-16(29-17)22-6-8-27-9-7-22/h4-5,10H,6-9,11H2,1-3H3,(H,18,23). The lowest BCUT2D eigenvalue weighted by Crippen LogP contribution is -2.36. The van der Waals surface area contributed by atoms with Gasteiger partial charge in [0.15, 0.2) is 4.34 Å². The third-order valence-electron chi connectivity index (χ3n) is 4.21. The number of ether oxygens (including phenoxy) is 2. The molecule has 0 unspecified atom stereocenters. The van der Waals surface area contributed by atoms with Crippen LogP contribution >= 0.6 is 23.1 Å². The molecule has 164 valence electrons. The molecule has 0 saturated carbocycles. The highest BCUT2D eigenvalue weighted by Gasteiger charge is 2.23. The number of aromatic nitrogens is 2. The summed E-state index contributed by atoms with van der Waals surface area (Å²) in [7, 11) is 0.544. The molecule has 13 heteroatoms. The third-order valence-corrected chi connectivity index (χ3v) is 8.16. The molecule has 10 nitrogen and oxygen atoms in total. The van der Waals surface area contributed by atoms with Crippen LogP contribution in [0.25, 0.3) is 0 Å². The molecule has 2 heterocycles. The summed E-state index contributed by atoms with van der Waals surface area (Å²) in [6.07, 6.45) is 0. The van der Waals surface area contributed by atoms with E-state index >= 15 is 0 Å². The summed E-state index contributed by atoms with van der Waals surface area (Å²) in [5.74, 6) is 0.0570. The molecule has 30 heavy (non-hydrogen) atoms. The fraction of sp³-hybridized carbons (Fsp3) is 0.471. The number of methoxy groups -OCH3 is 1. The summed E-state index contributed by atoms with van der Waals surface area (Å²) < 4.78 is 37.3. The normalized spacial score (nSPS) is 14.7. The number of benzene rings is 1. The Kier molecular flexibility index (Phi) is 7.52. The van der Waals surface area contributed by atoms with Crippen LogP contribution in [0.4, 0.5) is 10.8 Å².